The van der Waals surface area contributed by atoms with Crippen molar-refractivity contribution in [3.05, 3.63) is 23.3 Å². The first-order chi connectivity index (χ1) is 11.5. The van der Waals surface area contributed by atoms with Gasteiger partial charge >= 0.3 is 5.97 Å². The van der Waals surface area contributed by atoms with Gasteiger partial charge in [0.25, 0.3) is 0 Å². The highest BCUT2D eigenvalue weighted by molar-refractivity contribution is 5.74. The van der Waals surface area contributed by atoms with Crippen molar-refractivity contribution < 1.29 is 24.1 Å². The van der Waals surface area contributed by atoms with Crippen molar-refractivity contribution in [2.75, 3.05) is 34.4 Å². The van der Waals surface area contributed by atoms with Crippen LogP contribution in [0, 0.1) is 11.8 Å². The molecule has 1 saturated heterocycles. The Morgan fingerprint density at radius 2 is 1.75 bits per heavy atom. The molecule has 0 saturated carbocycles. The molecule has 6 heteroatoms. The number of benzene rings is 1. The Kier molecular flexibility index (Phi) is 4.69. The first-order valence-corrected chi connectivity index (χ1v) is 8.25. The van der Waals surface area contributed by atoms with E-state index >= 15 is 0 Å². The molecule has 0 bridgehead atoms. The van der Waals surface area contributed by atoms with E-state index < -0.39 is 6.10 Å². The van der Waals surface area contributed by atoms with E-state index in [1.807, 2.05) is 12.1 Å². The van der Waals surface area contributed by atoms with E-state index in [1.54, 1.807) is 14.2 Å². The molecule has 0 unspecified atom stereocenters. The number of nitrogens with zero attached hydrogens (tertiary/aromatic N) is 1. The third-order valence-corrected chi connectivity index (χ3v) is 5.16. The van der Waals surface area contributed by atoms with Crippen LogP contribution in [0.3, 0.4) is 0 Å². The van der Waals surface area contributed by atoms with E-state index in [1.165, 1.54) is 7.11 Å². The zero-order chi connectivity index (χ0) is 17.4. The second-order valence-electron chi connectivity index (χ2n) is 6.72. The Bertz CT molecular complexity index is 632. The van der Waals surface area contributed by atoms with Gasteiger partial charge in [-0.1, -0.05) is 6.92 Å². The van der Waals surface area contributed by atoms with E-state index in [9.17, 15) is 9.90 Å². The Morgan fingerprint density at radius 3 is 2.33 bits per heavy atom. The minimum absolute atomic E-state index is 0.105. The van der Waals surface area contributed by atoms with Crippen LogP contribution in [0.4, 0.5) is 0 Å². The summed E-state index contributed by atoms with van der Waals surface area (Å²) in [6, 6.07) is 3.61. The van der Waals surface area contributed by atoms with Crippen molar-refractivity contribution >= 4 is 5.97 Å². The number of aliphatic hydroxyl groups excluding tert-OH is 1. The number of hydrogen-bond donors (Lipinski definition) is 1. The largest absolute Gasteiger partial charge is 0.493 e. The summed E-state index contributed by atoms with van der Waals surface area (Å²) in [5.74, 6) is 1.12. The first-order valence-electron chi connectivity index (χ1n) is 8.25. The van der Waals surface area contributed by atoms with Gasteiger partial charge in [-0.25, -0.2) is 0 Å². The quantitative estimate of drug-likeness (QED) is 0.851. The minimum atomic E-state index is -0.611. The van der Waals surface area contributed by atoms with E-state index in [0.29, 0.717) is 24.0 Å². The van der Waals surface area contributed by atoms with Gasteiger partial charge in [-0.15, -0.1) is 0 Å². The number of fused-ring (bicyclic) bond motifs is 3. The van der Waals surface area contributed by atoms with E-state index in [4.69, 9.17) is 14.2 Å². The molecule has 4 atom stereocenters. The van der Waals surface area contributed by atoms with Gasteiger partial charge in [0.05, 0.1) is 33.4 Å². The summed E-state index contributed by atoms with van der Waals surface area (Å²) in [6.07, 6.45) is 0.164. The van der Waals surface area contributed by atoms with Crippen LogP contribution in [0.5, 0.6) is 11.5 Å². The highest BCUT2D eigenvalue weighted by Crippen LogP contribution is 2.48. The number of carbonyl (C=O) groups excluding carboxylic acids is 1. The summed E-state index contributed by atoms with van der Waals surface area (Å²) in [4.78, 5) is 14.6. The van der Waals surface area contributed by atoms with Crippen molar-refractivity contribution in [1.29, 1.82) is 0 Å². The first kappa shape index (κ1) is 17.0. The molecular formula is C18H25NO5. The lowest BCUT2D eigenvalue weighted by Gasteiger charge is -2.47. The maximum Gasteiger partial charge on any atom is 0.310 e. The lowest BCUT2D eigenvalue weighted by atomic mass is 9.76. The number of piperidine rings is 1. The molecule has 2 aliphatic rings. The van der Waals surface area contributed by atoms with Gasteiger partial charge in [-0.2, -0.15) is 0 Å². The van der Waals surface area contributed by atoms with Crippen LogP contribution in [0.25, 0.3) is 0 Å². The summed E-state index contributed by atoms with van der Waals surface area (Å²) in [6.45, 7) is 3.48. The van der Waals surface area contributed by atoms with Gasteiger partial charge in [-0.05, 0) is 35.6 Å². The number of hydrogen-bond acceptors (Lipinski definition) is 6. The van der Waals surface area contributed by atoms with Crippen molar-refractivity contribution in [2.24, 2.45) is 11.8 Å². The van der Waals surface area contributed by atoms with Crippen molar-refractivity contribution in [3.8, 4) is 11.5 Å². The molecule has 3 rings (SSSR count). The zero-order valence-corrected chi connectivity index (χ0v) is 14.6. The highest BCUT2D eigenvalue weighted by Gasteiger charge is 2.45. The lowest BCUT2D eigenvalue weighted by Crippen LogP contribution is -2.49. The van der Waals surface area contributed by atoms with Crippen LogP contribution in [0.15, 0.2) is 12.1 Å². The molecule has 0 aromatic heterocycles. The molecule has 0 amide bonds. The number of carbonyl (C=O) groups is 1. The van der Waals surface area contributed by atoms with Gasteiger partial charge < -0.3 is 19.3 Å². The van der Waals surface area contributed by atoms with Crippen molar-refractivity contribution in [3.63, 3.8) is 0 Å². The van der Waals surface area contributed by atoms with Crippen molar-refractivity contribution in [2.45, 2.75) is 25.5 Å². The number of ether oxygens (including phenoxy) is 3. The summed E-state index contributed by atoms with van der Waals surface area (Å²) in [5.41, 5.74) is 1.73. The Hall–Kier alpha value is -1.79. The molecule has 0 spiro atoms. The van der Waals surface area contributed by atoms with Crippen LogP contribution in [0.1, 0.15) is 36.6 Å². The number of rotatable bonds is 3. The van der Waals surface area contributed by atoms with Gasteiger partial charge in [0.15, 0.2) is 11.5 Å². The number of esters is 1. The number of methoxy groups -OCH3 is 3. The fraction of sp³-hybridized carbons (Fsp3) is 0.611. The maximum absolute atomic E-state index is 12.4. The zero-order valence-electron chi connectivity index (χ0n) is 14.6. The average Bonchev–Trinajstić information content (AvgIpc) is 2.58. The van der Waals surface area contributed by atoms with Gasteiger partial charge in [-0.3, -0.25) is 9.69 Å². The number of aliphatic hydroxyl groups is 1. The molecule has 2 aliphatic heterocycles. The van der Waals surface area contributed by atoms with E-state index in [0.717, 1.165) is 24.1 Å². The summed E-state index contributed by atoms with van der Waals surface area (Å²) in [5, 5.41) is 10.6. The maximum atomic E-state index is 12.4. The van der Waals surface area contributed by atoms with Gasteiger partial charge in [0.2, 0.25) is 0 Å². The molecule has 2 heterocycles. The molecular weight excluding hydrogens is 310 g/mol. The molecule has 132 valence electrons. The standard InChI is InChI=1S/C18H25NO5/c1-10-5-13(18(21)24-4)17-12-7-16(23-3)15(22-2)6-11(12)14(20)9-19(17)8-10/h6-7,10,13-14,17,20H,5,8-9H2,1-4H3/t10-,13+,14-,17+/m0/s1. The third-order valence-electron chi connectivity index (χ3n) is 5.16. The molecule has 1 aromatic carbocycles. The SMILES string of the molecule is COC(=O)[C@@H]1C[C@H](C)CN2C[C@H](O)c3cc(OC)c(OC)cc3[C@H]12. The summed E-state index contributed by atoms with van der Waals surface area (Å²) < 4.78 is 15.8. The summed E-state index contributed by atoms with van der Waals surface area (Å²) >= 11 is 0. The van der Waals surface area contributed by atoms with Crippen LogP contribution >= 0.6 is 0 Å². The molecule has 1 fully saturated rings. The van der Waals surface area contributed by atoms with Crippen LogP contribution < -0.4 is 9.47 Å². The fourth-order valence-electron chi connectivity index (χ4n) is 4.16. The highest BCUT2D eigenvalue weighted by atomic mass is 16.5. The Morgan fingerprint density at radius 1 is 1.12 bits per heavy atom. The molecule has 0 radical (unpaired) electrons. The topological polar surface area (TPSA) is 68.2 Å². The van der Waals surface area contributed by atoms with E-state index in [2.05, 4.69) is 11.8 Å². The monoisotopic (exact) mass is 335 g/mol. The Labute approximate surface area is 142 Å². The smallest absolute Gasteiger partial charge is 0.310 e. The van der Waals surface area contributed by atoms with Crippen molar-refractivity contribution in [1.82, 2.24) is 4.90 Å². The molecule has 0 aliphatic carbocycles. The second-order valence-corrected chi connectivity index (χ2v) is 6.72. The normalized spacial score (nSPS) is 29.4. The summed E-state index contributed by atoms with van der Waals surface area (Å²) in [7, 11) is 4.59. The lowest BCUT2D eigenvalue weighted by molar-refractivity contribution is -0.152. The van der Waals surface area contributed by atoms with Crippen LogP contribution in [-0.4, -0.2) is 50.4 Å². The van der Waals surface area contributed by atoms with Gasteiger partial charge in [0.1, 0.15) is 0 Å². The molecule has 1 aromatic rings. The van der Waals surface area contributed by atoms with Crippen LogP contribution in [0.2, 0.25) is 0 Å². The predicted octanol–water partition coefficient (Wildman–Crippen LogP) is 1.92. The Balaban J connectivity index is 2.11. The van der Waals surface area contributed by atoms with E-state index in [-0.39, 0.29) is 17.9 Å². The van der Waals surface area contributed by atoms with Gasteiger partial charge in [0, 0.05) is 19.1 Å². The average molecular weight is 335 g/mol. The third kappa shape index (κ3) is 2.74. The predicted molar refractivity (Wildman–Crippen MR) is 88.1 cm³/mol. The van der Waals surface area contributed by atoms with Crippen LogP contribution in [-0.2, 0) is 9.53 Å². The molecule has 6 nitrogen and oxygen atoms in total. The minimum Gasteiger partial charge on any atom is -0.493 e. The second kappa shape index (κ2) is 6.61. The molecule has 1 N–H and O–H groups in total. The fourth-order valence-corrected chi connectivity index (χ4v) is 4.16. The molecule has 24 heavy (non-hydrogen) atoms.